The van der Waals surface area contributed by atoms with E-state index >= 15 is 0 Å². The molecule has 1 fully saturated rings. The Balaban J connectivity index is 1.67. The van der Waals surface area contributed by atoms with Crippen LogP contribution in [0.25, 0.3) is 0 Å². The number of hydrogen-bond donors (Lipinski definition) is 0. The van der Waals surface area contributed by atoms with Gasteiger partial charge in [-0.3, -0.25) is 0 Å². The highest BCUT2D eigenvalue weighted by Crippen LogP contribution is 2.16. The lowest BCUT2D eigenvalue weighted by molar-refractivity contribution is 0.0164. The van der Waals surface area contributed by atoms with Crippen molar-refractivity contribution in [1.82, 2.24) is 0 Å². The fourth-order valence-electron chi connectivity index (χ4n) is 1.35. The second kappa shape index (κ2) is 5.39. The Morgan fingerprint density at radius 3 is 2.93 bits per heavy atom. The fourth-order valence-corrected chi connectivity index (χ4v) is 2.19. The van der Waals surface area contributed by atoms with Crippen molar-refractivity contribution < 1.29 is 9.47 Å². The van der Waals surface area contributed by atoms with Gasteiger partial charge >= 0.3 is 0 Å². The molecule has 0 N–H and O–H groups in total. The van der Waals surface area contributed by atoms with Gasteiger partial charge in [-0.15, -0.1) is 11.8 Å². The minimum absolute atomic E-state index is 0.295. The molecule has 2 rings (SSSR count). The molecule has 1 unspecified atom stereocenters. The molecule has 0 saturated carbocycles. The van der Waals surface area contributed by atoms with Gasteiger partial charge in [-0.1, -0.05) is 30.3 Å². The minimum atomic E-state index is 0.295. The van der Waals surface area contributed by atoms with Crippen LogP contribution < -0.4 is 0 Å². The van der Waals surface area contributed by atoms with Gasteiger partial charge in [0.05, 0.1) is 25.3 Å². The average molecular weight is 210 g/mol. The maximum absolute atomic E-state index is 5.57. The number of rotatable bonds is 4. The van der Waals surface area contributed by atoms with Gasteiger partial charge in [-0.2, -0.15) is 0 Å². The third-order valence-electron chi connectivity index (χ3n) is 2.11. The fraction of sp³-hybridized carbons (Fsp3) is 0.455. The Hall–Kier alpha value is -0.510. The average Bonchev–Trinajstić information content (AvgIpc) is 2.72. The van der Waals surface area contributed by atoms with E-state index in [4.69, 9.17) is 9.47 Å². The van der Waals surface area contributed by atoms with Gasteiger partial charge in [0.25, 0.3) is 0 Å². The van der Waals surface area contributed by atoms with Crippen molar-refractivity contribution in [3.63, 3.8) is 0 Å². The zero-order chi connectivity index (χ0) is 9.64. The highest BCUT2D eigenvalue weighted by molar-refractivity contribution is 7.99. The molecule has 1 atom stereocenters. The quantitative estimate of drug-likeness (QED) is 0.759. The van der Waals surface area contributed by atoms with Crippen LogP contribution in [0, 0.1) is 0 Å². The lowest BCUT2D eigenvalue weighted by Gasteiger charge is -2.09. The summed E-state index contributed by atoms with van der Waals surface area (Å²) in [6, 6.07) is 10.2. The van der Waals surface area contributed by atoms with Gasteiger partial charge < -0.3 is 9.47 Å². The summed E-state index contributed by atoms with van der Waals surface area (Å²) < 4.78 is 11.0. The molecule has 1 saturated heterocycles. The van der Waals surface area contributed by atoms with Gasteiger partial charge in [0.1, 0.15) is 0 Å². The lowest BCUT2D eigenvalue weighted by atomic mass is 10.2. The van der Waals surface area contributed by atoms with E-state index in [1.165, 1.54) is 5.56 Å². The van der Waals surface area contributed by atoms with Crippen LogP contribution in [0.15, 0.2) is 30.3 Å². The molecular formula is C11H14O2S. The van der Waals surface area contributed by atoms with Crippen molar-refractivity contribution in [3.8, 4) is 0 Å². The van der Waals surface area contributed by atoms with Crippen LogP contribution in [0.3, 0.4) is 0 Å². The van der Waals surface area contributed by atoms with E-state index in [1.54, 1.807) is 0 Å². The van der Waals surface area contributed by atoms with Crippen LogP contribution in [0.5, 0.6) is 0 Å². The zero-order valence-electron chi connectivity index (χ0n) is 8.02. The molecule has 1 aliphatic rings. The van der Waals surface area contributed by atoms with E-state index in [1.807, 2.05) is 30.0 Å². The van der Waals surface area contributed by atoms with E-state index in [-0.39, 0.29) is 0 Å². The van der Waals surface area contributed by atoms with Gasteiger partial charge in [0, 0.05) is 5.75 Å². The smallest absolute Gasteiger partial charge is 0.0927 e. The Morgan fingerprint density at radius 1 is 1.36 bits per heavy atom. The van der Waals surface area contributed by atoms with Gasteiger partial charge in [0.2, 0.25) is 0 Å². The lowest BCUT2D eigenvalue weighted by Crippen LogP contribution is -2.16. The van der Waals surface area contributed by atoms with Crippen molar-refractivity contribution in [1.29, 1.82) is 0 Å². The molecule has 0 aromatic heterocycles. The molecular weight excluding hydrogens is 196 g/mol. The maximum Gasteiger partial charge on any atom is 0.0927 e. The molecule has 2 nitrogen and oxygen atoms in total. The van der Waals surface area contributed by atoms with Crippen LogP contribution in [0.4, 0.5) is 0 Å². The van der Waals surface area contributed by atoms with E-state index in [2.05, 4.69) is 12.1 Å². The van der Waals surface area contributed by atoms with Crippen molar-refractivity contribution in [2.75, 3.05) is 18.3 Å². The molecule has 76 valence electrons. The number of hydrogen-bond acceptors (Lipinski definition) is 3. The van der Waals surface area contributed by atoms with Crippen LogP contribution in [0.1, 0.15) is 5.56 Å². The predicted molar refractivity (Wildman–Crippen MR) is 58.3 cm³/mol. The Labute approximate surface area is 88.6 Å². The highest BCUT2D eigenvalue weighted by Gasteiger charge is 2.15. The van der Waals surface area contributed by atoms with E-state index in [9.17, 15) is 0 Å². The summed E-state index contributed by atoms with van der Waals surface area (Å²) in [5.74, 6) is 1.88. The van der Waals surface area contributed by atoms with E-state index in [0.717, 1.165) is 11.7 Å². The molecule has 1 aliphatic heterocycles. The summed E-state index contributed by atoms with van der Waals surface area (Å²) >= 11 is 1.83. The molecule has 0 spiro atoms. The molecule has 0 bridgehead atoms. The van der Waals surface area contributed by atoms with Crippen molar-refractivity contribution in [2.45, 2.75) is 12.7 Å². The molecule has 14 heavy (non-hydrogen) atoms. The molecule has 1 heterocycles. The van der Waals surface area contributed by atoms with Crippen molar-refractivity contribution in [3.05, 3.63) is 35.9 Å². The normalized spacial score (nSPS) is 21.3. The van der Waals surface area contributed by atoms with Gasteiger partial charge in [-0.05, 0) is 5.56 Å². The van der Waals surface area contributed by atoms with E-state index in [0.29, 0.717) is 19.3 Å². The summed E-state index contributed by atoms with van der Waals surface area (Å²) in [5.41, 5.74) is 1.22. The van der Waals surface area contributed by atoms with E-state index < -0.39 is 0 Å². The topological polar surface area (TPSA) is 18.5 Å². The van der Waals surface area contributed by atoms with Crippen LogP contribution in [0.2, 0.25) is 0 Å². The first-order chi connectivity index (χ1) is 6.95. The zero-order valence-corrected chi connectivity index (χ0v) is 8.83. The van der Waals surface area contributed by atoms with Crippen LogP contribution in [-0.4, -0.2) is 24.4 Å². The van der Waals surface area contributed by atoms with Crippen LogP contribution >= 0.6 is 11.8 Å². The molecule has 0 radical (unpaired) electrons. The second-order valence-corrected chi connectivity index (χ2v) is 4.26. The predicted octanol–water partition coefficient (Wildman–Crippen LogP) is 2.29. The molecule has 0 amide bonds. The maximum atomic E-state index is 5.57. The van der Waals surface area contributed by atoms with Crippen molar-refractivity contribution in [2.24, 2.45) is 0 Å². The summed E-state index contributed by atoms with van der Waals surface area (Å²) in [4.78, 5) is 0. The summed E-state index contributed by atoms with van der Waals surface area (Å²) in [6.45, 7) is 1.40. The summed E-state index contributed by atoms with van der Waals surface area (Å²) in [6.07, 6.45) is 0.295. The molecule has 0 aliphatic carbocycles. The molecule has 1 aromatic carbocycles. The first-order valence-corrected chi connectivity index (χ1v) is 5.91. The number of benzene rings is 1. The number of thioether (sulfide) groups is 1. The Bertz CT molecular complexity index is 257. The van der Waals surface area contributed by atoms with Gasteiger partial charge in [0.15, 0.2) is 0 Å². The minimum Gasteiger partial charge on any atom is -0.374 e. The second-order valence-electron chi connectivity index (χ2n) is 3.28. The number of ether oxygens (including phenoxy) is 2. The third-order valence-corrected chi connectivity index (χ3v) is 3.02. The van der Waals surface area contributed by atoms with Crippen molar-refractivity contribution >= 4 is 11.8 Å². The SMILES string of the molecule is c1ccc(COCC2CSCO2)cc1. The summed E-state index contributed by atoms with van der Waals surface area (Å²) in [5, 5.41) is 0. The first-order valence-electron chi connectivity index (χ1n) is 4.76. The first kappa shape index (κ1) is 10.0. The largest absolute Gasteiger partial charge is 0.374 e. The molecule has 3 heteroatoms. The van der Waals surface area contributed by atoms with Crippen LogP contribution in [-0.2, 0) is 16.1 Å². The summed E-state index contributed by atoms with van der Waals surface area (Å²) in [7, 11) is 0. The standard InChI is InChI=1S/C11H14O2S/c1-2-4-10(5-3-1)6-12-7-11-8-14-9-13-11/h1-5,11H,6-9H2. The third kappa shape index (κ3) is 3.01. The Morgan fingerprint density at radius 2 is 2.21 bits per heavy atom. The Kier molecular flexibility index (Phi) is 3.86. The molecule has 1 aromatic rings. The van der Waals surface area contributed by atoms with Gasteiger partial charge in [-0.25, -0.2) is 0 Å². The highest BCUT2D eigenvalue weighted by atomic mass is 32.2. The monoisotopic (exact) mass is 210 g/mol.